The number of hydrogen-bond donors (Lipinski definition) is 2. The summed E-state index contributed by atoms with van der Waals surface area (Å²) >= 11 is 0. The van der Waals surface area contributed by atoms with Crippen molar-refractivity contribution in [1.29, 1.82) is 0 Å². The molecule has 0 unspecified atom stereocenters. The third kappa shape index (κ3) is 9.84. The zero-order chi connectivity index (χ0) is 18.7. The Kier molecular flexibility index (Phi) is 12.9. The van der Waals surface area contributed by atoms with Crippen LogP contribution in [0.25, 0.3) is 0 Å². The largest absolute Gasteiger partial charge is 0.491 e. The first-order valence-corrected chi connectivity index (χ1v) is 8.82. The van der Waals surface area contributed by atoms with Crippen molar-refractivity contribution >= 4 is 35.9 Å². The molecule has 0 aliphatic heterocycles. The van der Waals surface area contributed by atoms with Gasteiger partial charge in [0.15, 0.2) is 5.96 Å². The van der Waals surface area contributed by atoms with Crippen molar-refractivity contribution in [1.82, 2.24) is 10.6 Å². The maximum absolute atomic E-state index is 11.3. The van der Waals surface area contributed by atoms with Gasteiger partial charge in [-0.3, -0.25) is 9.79 Å². The number of esters is 1. The van der Waals surface area contributed by atoms with Crippen molar-refractivity contribution in [2.75, 3.05) is 20.2 Å². The molecule has 0 bridgehead atoms. The average molecular weight is 477 g/mol. The fraction of sp³-hybridized carbons (Fsp3) is 0.579. The van der Waals surface area contributed by atoms with Crippen molar-refractivity contribution < 1.29 is 14.3 Å². The highest BCUT2D eigenvalue weighted by Gasteiger charge is 2.08. The van der Waals surface area contributed by atoms with Crippen molar-refractivity contribution in [3.05, 3.63) is 29.3 Å². The van der Waals surface area contributed by atoms with Crippen LogP contribution in [0.5, 0.6) is 5.75 Å². The molecule has 0 radical (unpaired) electrons. The molecule has 0 aromatic heterocycles. The molecular weight excluding hydrogens is 445 g/mol. The number of nitrogens with one attached hydrogen (secondary N) is 2. The second-order valence-corrected chi connectivity index (χ2v) is 6.04. The highest BCUT2D eigenvalue weighted by atomic mass is 127. The molecule has 0 amide bonds. The summed E-state index contributed by atoms with van der Waals surface area (Å²) in [6.07, 6.45) is 1.23. The molecule has 6 nitrogen and oxygen atoms in total. The summed E-state index contributed by atoms with van der Waals surface area (Å²) in [6.45, 7) is 9.58. The molecule has 2 N–H and O–H groups in total. The van der Waals surface area contributed by atoms with Gasteiger partial charge in [0.2, 0.25) is 0 Å². The number of halogens is 1. The Balaban J connectivity index is 0.00000625. The summed E-state index contributed by atoms with van der Waals surface area (Å²) in [5.41, 5.74) is 2.25. The number of rotatable bonds is 9. The second-order valence-electron chi connectivity index (χ2n) is 6.04. The van der Waals surface area contributed by atoms with E-state index >= 15 is 0 Å². The third-order valence-corrected chi connectivity index (χ3v) is 3.41. The maximum Gasteiger partial charge on any atom is 0.305 e. The second kappa shape index (κ2) is 13.7. The number of benzene rings is 1. The Hall–Kier alpha value is -1.51. The van der Waals surface area contributed by atoms with Crippen LogP contribution >= 0.6 is 24.0 Å². The number of guanidine groups is 1. The van der Waals surface area contributed by atoms with Gasteiger partial charge in [-0.1, -0.05) is 12.1 Å². The Labute approximate surface area is 174 Å². The van der Waals surface area contributed by atoms with Crippen LogP contribution in [0.4, 0.5) is 0 Å². The lowest BCUT2D eigenvalue weighted by Crippen LogP contribution is -2.37. The molecule has 0 atom stereocenters. The van der Waals surface area contributed by atoms with Crippen molar-refractivity contribution in [3.8, 4) is 5.75 Å². The Morgan fingerprint density at radius 2 is 2.00 bits per heavy atom. The van der Waals surface area contributed by atoms with Gasteiger partial charge in [-0.15, -0.1) is 24.0 Å². The zero-order valence-electron chi connectivity index (χ0n) is 16.4. The number of aliphatic imine (C=N–C) groups is 1. The first-order chi connectivity index (χ1) is 12.0. The van der Waals surface area contributed by atoms with Gasteiger partial charge in [0.05, 0.1) is 12.7 Å². The van der Waals surface area contributed by atoms with Gasteiger partial charge >= 0.3 is 5.97 Å². The van der Waals surface area contributed by atoms with Crippen LogP contribution in [0, 0.1) is 6.92 Å². The standard InChI is InChI=1S/C19H31N3O3.HI/c1-6-24-18(23)8-7-11-21-19(20-5)22-13-16-10-9-15(4)12-17(16)25-14(2)3;/h9-10,12,14H,6-8,11,13H2,1-5H3,(H2,20,21,22);1H. The number of hydrogen-bond acceptors (Lipinski definition) is 4. The number of carbonyl (C=O) groups is 1. The maximum atomic E-state index is 11.3. The van der Waals surface area contributed by atoms with E-state index in [0.29, 0.717) is 38.5 Å². The fourth-order valence-corrected chi connectivity index (χ4v) is 2.24. The Bertz CT molecular complexity index is 577. The quantitative estimate of drug-likeness (QED) is 0.188. The molecule has 0 saturated heterocycles. The number of ether oxygens (including phenoxy) is 2. The van der Waals surface area contributed by atoms with Crippen LogP contribution in [0.15, 0.2) is 23.2 Å². The fourth-order valence-electron chi connectivity index (χ4n) is 2.24. The van der Waals surface area contributed by atoms with E-state index in [-0.39, 0.29) is 36.0 Å². The van der Waals surface area contributed by atoms with E-state index in [4.69, 9.17) is 9.47 Å². The van der Waals surface area contributed by atoms with Crippen LogP contribution in [0.3, 0.4) is 0 Å². The first kappa shape index (κ1) is 24.5. The first-order valence-electron chi connectivity index (χ1n) is 8.82. The predicted molar refractivity (Wildman–Crippen MR) is 116 cm³/mol. The van der Waals surface area contributed by atoms with Gasteiger partial charge in [-0.25, -0.2) is 0 Å². The SMILES string of the molecule is CCOC(=O)CCCNC(=NC)NCc1ccc(C)cc1OC(C)C.I. The number of nitrogens with zero attached hydrogens (tertiary/aromatic N) is 1. The Morgan fingerprint density at radius 1 is 1.27 bits per heavy atom. The van der Waals surface area contributed by atoms with Crippen molar-refractivity contribution in [2.24, 2.45) is 4.99 Å². The minimum Gasteiger partial charge on any atom is -0.491 e. The lowest BCUT2D eigenvalue weighted by Gasteiger charge is -2.17. The smallest absolute Gasteiger partial charge is 0.305 e. The molecule has 0 spiro atoms. The predicted octanol–water partition coefficient (Wildman–Crippen LogP) is 3.41. The topological polar surface area (TPSA) is 72.0 Å². The summed E-state index contributed by atoms with van der Waals surface area (Å²) in [5.74, 6) is 1.42. The highest BCUT2D eigenvalue weighted by molar-refractivity contribution is 14.0. The lowest BCUT2D eigenvalue weighted by molar-refractivity contribution is -0.143. The van der Waals surface area contributed by atoms with E-state index in [9.17, 15) is 4.79 Å². The van der Waals surface area contributed by atoms with Gasteiger partial charge in [-0.05, 0) is 45.7 Å². The van der Waals surface area contributed by atoms with Gasteiger partial charge in [0.25, 0.3) is 0 Å². The molecule has 0 heterocycles. The normalized spacial score (nSPS) is 10.9. The van der Waals surface area contributed by atoms with Gasteiger partial charge in [-0.2, -0.15) is 0 Å². The molecule has 0 fully saturated rings. The average Bonchev–Trinajstić information content (AvgIpc) is 2.55. The number of aryl methyl sites for hydroxylation is 1. The van der Waals surface area contributed by atoms with E-state index in [1.807, 2.05) is 26.8 Å². The van der Waals surface area contributed by atoms with E-state index in [2.05, 4.69) is 34.7 Å². The molecule has 1 aromatic carbocycles. The molecule has 26 heavy (non-hydrogen) atoms. The molecule has 1 rings (SSSR count). The molecule has 1 aromatic rings. The minimum absolute atomic E-state index is 0. The molecule has 0 saturated carbocycles. The summed E-state index contributed by atoms with van der Waals surface area (Å²) in [4.78, 5) is 15.5. The monoisotopic (exact) mass is 477 g/mol. The third-order valence-electron chi connectivity index (χ3n) is 3.41. The van der Waals surface area contributed by atoms with Crippen LogP contribution in [0.2, 0.25) is 0 Å². The highest BCUT2D eigenvalue weighted by Crippen LogP contribution is 2.21. The lowest BCUT2D eigenvalue weighted by atomic mass is 10.1. The van der Waals surface area contributed by atoms with Gasteiger partial charge in [0, 0.05) is 32.1 Å². The van der Waals surface area contributed by atoms with Crippen molar-refractivity contribution in [2.45, 2.75) is 53.2 Å². The van der Waals surface area contributed by atoms with E-state index in [0.717, 1.165) is 11.3 Å². The van der Waals surface area contributed by atoms with Gasteiger partial charge in [0.1, 0.15) is 5.75 Å². The molecular formula is C19H32IN3O3. The van der Waals surface area contributed by atoms with E-state index in [1.165, 1.54) is 5.56 Å². The van der Waals surface area contributed by atoms with Crippen LogP contribution < -0.4 is 15.4 Å². The minimum atomic E-state index is -0.164. The van der Waals surface area contributed by atoms with E-state index in [1.54, 1.807) is 7.05 Å². The summed E-state index contributed by atoms with van der Waals surface area (Å²) in [7, 11) is 1.72. The zero-order valence-corrected chi connectivity index (χ0v) is 18.8. The van der Waals surface area contributed by atoms with E-state index < -0.39 is 0 Å². The Morgan fingerprint density at radius 3 is 2.62 bits per heavy atom. The summed E-state index contributed by atoms with van der Waals surface area (Å²) in [6, 6.07) is 6.18. The van der Waals surface area contributed by atoms with Crippen LogP contribution in [0.1, 0.15) is 44.7 Å². The summed E-state index contributed by atoms with van der Waals surface area (Å²) < 4.78 is 10.8. The molecule has 0 aliphatic rings. The van der Waals surface area contributed by atoms with Crippen molar-refractivity contribution in [3.63, 3.8) is 0 Å². The van der Waals surface area contributed by atoms with Crippen LogP contribution in [-0.2, 0) is 16.1 Å². The summed E-state index contributed by atoms with van der Waals surface area (Å²) in [5, 5.41) is 6.47. The molecule has 148 valence electrons. The van der Waals surface area contributed by atoms with Gasteiger partial charge < -0.3 is 20.1 Å². The molecule has 0 aliphatic carbocycles. The molecule has 7 heteroatoms. The van der Waals surface area contributed by atoms with Crippen LogP contribution in [-0.4, -0.2) is 38.2 Å². The number of carbonyl (C=O) groups excluding carboxylic acids is 1.